The molecule has 2 aromatic heterocycles. The number of anilines is 2. The molecule has 2 heterocycles. The summed E-state index contributed by atoms with van der Waals surface area (Å²) in [5.74, 6) is 1.32. The van der Waals surface area contributed by atoms with E-state index in [1.165, 1.54) is 0 Å². The van der Waals surface area contributed by atoms with Crippen LogP contribution in [0.1, 0.15) is 30.1 Å². The summed E-state index contributed by atoms with van der Waals surface area (Å²) in [5.41, 5.74) is 8.75. The van der Waals surface area contributed by atoms with E-state index in [1.54, 1.807) is 0 Å². The lowest BCUT2D eigenvalue weighted by molar-refractivity contribution is 0.0732. The largest absolute Gasteiger partial charge is 0.393 e. The van der Waals surface area contributed by atoms with Gasteiger partial charge in [0.05, 0.1) is 29.6 Å². The zero-order valence-corrected chi connectivity index (χ0v) is 14.1. The molecule has 0 unspecified atom stereocenters. The van der Waals surface area contributed by atoms with Gasteiger partial charge in [0.25, 0.3) is 0 Å². The first-order chi connectivity index (χ1) is 12.1. The zero-order valence-electron chi connectivity index (χ0n) is 14.1. The summed E-state index contributed by atoms with van der Waals surface area (Å²) in [7, 11) is 1.97. The molecule has 3 aromatic rings. The maximum atomic E-state index is 9.52. The number of aliphatic hydroxyl groups excluding tert-OH is 1. The van der Waals surface area contributed by atoms with E-state index < -0.39 is 0 Å². The van der Waals surface area contributed by atoms with Crippen LogP contribution in [0.15, 0.2) is 42.5 Å². The maximum absolute atomic E-state index is 9.52. The third-order valence-electron chi connectivity index (χ3n) is 4.73. The lowest BCUT2D eigenvalue weighted by Crippen LogP contribution is -2.28. The molecule has 0 saturated heterocycles. The Morgan fingerprint density at radius 2 is 1.92 bits per heavy atom. The van der Waals surface area contributed by atoms with E-state index in [0.717, 1.165) is 41.0 Å². The summed E-state index contributed by atoms with van der Waals surface area (Å²) in [6, 6.07) is 14.2. The molecular weight excluding hydrogens is 314 g/mol. The monoisotopic (exact) mass is 335 g/mol. The third kappa shape index (κ3) is 3.25. The molecule has 128 valence electrons. The van der Waals surface area contributed by atoms with Crippen molar-refractivity contribution in [1.82, 2.24) is 15.0 Å². The first-order valence-electron chi connectivity index (χ1n) is 8.47. The molecule has 25 heavy (non-hydrogen) atoms. The summed E-state index contributed by atoms with van der Waals surface area (Å²) in [5, 5.41) is 10.6. The number of pyridine rings is 1. The third-order valence-corrected chi connectivity index (χ3v) is 4.73. The predicted molar refractivity (Wildman–Crippen MR) is 98.3 cm³/mol. The summed E-state index contributed by atoms with van der Waals surface area (Å²) in [6.07, 6.45) is 1.27. The molecule has 1 aliphatic rings. The lowest BCUT2D eigenvalue weighted by Gasteiger charge is -2.31. The van der Waals surface area contributed by atoms with Gasteiger partial charge >= 0.3 is 0 Å². The van der Waals surface area contributed by atoms with Gasteiger partial charge in [0.2, 0.25) is 5.95 Å². The van der Waals surface area contributed by atoms with Crippen molar-refractivity contribution in [1.29, 1.82) is 0 Å². The molecule has 1 aliphatic carbocycles. The van der Waals surface area contributed by atoms with Crippen molar-refractivity contribution in [2.45, 2.75) is 31.4 Å². The van der Waals surface area contributed by atoms with Crippen LogP contribution in [0.5, 0.6) is 0 Å². The average Bonchev–Trinajstić information content (AvgIpc) is 2.58. The summed E-state index contributed by atoms with van der Waals surface area (Å²) < 4.78 is 0. The number of para-hydroxylation sites is 1. The molecule has 0 radical (unpaired) electrons. The molecule has 4 rings (SSSR count). The number of hydrogen-bond donors (Lipinski definition) is 2. The van der Waals surface area contributed by atoms with Crippen LogP contribution in [0.25, 0.3) is 10.9 Å². The van der Waals surface area contributed by atoms with E-state index in [0.29, 0.717) is 6.54 Å². The highest BCUT2D eigenvalue weighted by molar-refractivity contribution is 5.78. The van der Waals surface area contributed by atoms with Crippen LogP contribution in [0.3, 0.4) is 0 Å². The molecule has 6 heteroatoms. The van der Waals surface area contributed by atoms with Crippen LogP contribution < -0.4 is 10.6 Å². The highest BCUT2D eigenvalue weighted by Crippen LogP contribution is 2.36. The van der Waals surface area contributed by atoms with E-state index in [2.05, 4.69) is 22.1 Å². The second-order valence-electron chi connectivity index (χ2n) is 6.68. The first kappa shape index (κ1) is 15.8. The van der Waals surface area contributed by atoms with Gasteiger partial charge in [-0.15, -0.1) is 0 Å². The second kappa shape index (κ2) is 6.29. The number of hydrogen-bond acceptors (Lipinski definition) is 6. The Morgan fingerprint density at radius 1 is 1.12 bits per heavy atom. The Balaban J connectivity index is 1.56. The fourth-order valence-corrected chi connectivity index (χ4v) is 3.23. The van der Waals surface area contributed by atoms with Gasteiger partial charge in [-0.2, -0.15) is 4.98 Å². The number of aromatic nitrogens is 3. The molecule has 1 aromatic carbocycles. The van der Waals surface area contributed by atoms with Gasteiger partial charge in [0.15, 0.2) is 0 Å². The Hall–Kier alpha value is -2.73. The number of nitrogens with two attached hydrogens (primary N) is 1. The number of aliphatic hydroxyl groups is 1. The van der Waals surface area contributed by atoms with Crippen LogP contribution in [0.4, 0.5) is 11.8 Å². The number of nitrogens with zero attached hydrogens (tertiary/aromatic N) is 4. The summed E-state index contributed by atoms with van der Waals surface area (Å²) >= 11 is 0. The fourth-order valence-electron chi connectivity index (χ4n) is 3.23. The van der Waals surface area contributed by atoms with Crippen molar-refractivity contribution < 1.29 is 5.11 Å². The second-order valence-corrected chi connectivity index (χ2v) is 6.68. The molecule has 6 nitrogen and oxygen atoms in total. The standard InChI is InChI=1S/C19H21N5O/c1-24(11-14-7-6-12-4-2-3-5-16(12)21-14)18-10-17(22-19(20)23-18)13-8-15(25)9-13/h2-7,10,13,15,25H,8-9,11H2,1H3,(H2,20,22,23). The molecule has 1 fully saturated rings. The minimum absolute atomic E-state index is 0.218. The van der Waals surface area contributed by atoms with Crippen molar-refractivity contribution in [2.24, 2.45) is 0 Å². The zero-order chi connectivity index (χ0) is 17.4. The van der Waals surface area contributed by atoms with Crippen LogP contribution in [-0.4, -0.2) is 33.2 Å². The molecule has 0 atom stereocenters. The quantitative estimate of drug-likeness (QED) is 0.761. The van der Waals surface area contributed by atoms with Crippen LogP contribution >= 0.6 is 0 Å². The first-order valence-corrected chi connectivity index (χ1v) is 8.47. The molecule has 0 aliphatic heterocycles. The van der Waals surface area contributed by atoms with Crippen molar-refractivity contribution in [3.8, 4) is 0 Å². The van der Waals surface area contributed by atoms with Crippen LogP contribution in [0, 0.1) is 0 Å². The normalized spacial score (nSPS) is 19.6. The predicted octanol–water partition coefficient (Wildman–Crippen LogP) is 2.48. The van der Waals surface area contributed by atoms with Gasteiger partial charge in [-0.05, 0) is 25.0 Å². The highest BCUT2D eigenvalue weighted by Gasteiger charge is 2.30. The lowest BCUT2D eigenvalue weighted by atomic mass is 9.80. The number of fused-ring (bicyclic) bond motifs is 1. The van der Waals surface area contributed by atoms with Crippen LogP contribution in [-0.2, 0) is 6.54 Å². The molecule has 0 bridgehead atoms. The summed E-state index contributed by atoms with van der Waals surface area (Å²) in [4.78, 5) is 15.4. The number of benzene rings is 1. The molecule has 3 N–H and O–H groups in total. The fraction of sp³-hybridized carbons (Fsp3) is 0.316. The van der Waals surface area contributed by atoms with E-state index in [-0.39, 0.29) is 18.0 Å². The van der Waals surface area contributed by atoms with E-state index >= 15 is 0 Å². The Labute approximate surface area is 146 Å². The van der Waals surface area contributed by atoms with Crippen molar-refractivity contribution in [2.75, 3.05) is 17.7 Å². The average molecular weight is 335 g/mol. The number of nitrogen functional groups attached to an aromatic ring is 1. The van der Waals surface area contributed by atoms with Gasteiger partial charge in [0, 0.05) is 24.4 Å². The Bertz CT molecular complexity index is 907. The Morgan fingerprint density at radius 3 is 2.72 bits per heavy atom. The minimum Gasteiger partial charge on any atom is -0.393 e. The molecule has 0 amide bonds. The van der Waals surface area contributed by atoms with Gasteiger partial charge in [-0.25, -0.2) is 4.98 Å². The summed E-state index contributed by atoms with van der Waals surface area (Å²) in [6.45, 7) is 0.633. The molecule has 0 spiro atoms. The SMILES string of the molecule is CN(Cc1ccc2ccccc2n1)c1cc(C2CC(O)C2)nc(N)n1. The maximum Gasteiger partial charge on any atom is 0.222 e. The van der Waals surface area contributed by atoms with E-state index in [4.69, 9.17) is 10.7 Å². The molecular formula is C19H21N5O. The van der Waals surface area contributed by atoms with E-state index in [9.17, 15) is 5.11 Å². The van der Waals surface area contributed by atoms with E-state index in [1.807, 2.05) is 42.3 Å². The van der Waals surface area contributed by atoms with Gasteiger partial charge in [-0.3, -0.25) is 4.98 Å². The smallest absolute Gasteiger partial charge is 0.222 e. The molecule has 1 saturated carbocycles. The van der Waals surface area contributed by atoms with Crippen molar-refractivity contribution >= 4 is 22.7 Å². The van der Waals surface area contributed by atoms with Crippen molar-refractivity contribution in [3.63, 3.8) is 0 Å². The number of rotatable bonds is 4. The topological polar surface area (TPSA) is 88.2 Å². The van der Waals surface area contributed by atoms with Gasteiger partial charge in [-0.1, -0.05) is 24.3 Å². The van der Waals surface area contributed by atoms with Crippen molar-refractivity contribution in [3.05, 3.63) is 53.9 Å². The highest BCUT2D eigenvalue weighted by atomic mass is 16.3. The van der Waals surface area contributed by atoms with Gasteiger partial charge in [0.1, 0.15) is 5.82 Å². The minimum atomic E-state index is -0.218. The van der Waals surface area contributed by atoms with Gasteiger partial charge < -0.3 is 15.7 Å². The van der Waals surface area contributed by atoms with Crippen LogP contribution in [0.2, 0.25) is 0 Å². The Kier molecular flexibility index (Phi) is 3.97.